The molecule has 0 atom stereocenters. The Morgan fingerprint density at radius 1 is 1.38 bits per heavy atom. The fraction of sp³-hybridized carbons (Fsp3) is 0.273. The third kappa shape index (κ3) is 1.49. The zero-order valence-corrected chi connectivity index (χ0v) is 9.51. The molecule has 0 aliphatic heterocycles. The van der Waals surface area contributed by atoms with Gasteiger partial charge in [-0.25, -0.2) is 0 Å². The molecule has 0 nitrogen and oxygen atoms in total. The molecule has 0 N–H and O–H groups in total. The molecule has 0 saturated heterocycles. The van der Waals surface area contributed by atoms with Gasteiger partial charge in [0.05, 0.1) is 0 Å². The van der Waals surface area contributed by atoms with Crippen molar-refractivity contribution in [2.24, 2.45) is 0 Å². The summed E-state index contributed by atoms with van der Waals surface area (Å²) in [5.74, 6) is 0. The van der Waals surface area contributed by atoms with Crippen LogP contribution in [0.1, 0.15) is 17.4 Å². The fourth-order valence-corrected chi connectivity index (χ4v) is 2.93. The van der Waals surface area contributed by atoms with Crippen LogP contribution >= 0.6 is 24.0 Å². The standard InChI is InChI=1S/C11H12S2/c1-3-10-7(2)9-6-8(12)4-5-11(9)13-10/h4-6,12H,3H2,1-2H3. The molecule has 2 rings (SSSR count). The summed E-state index contributed by atoms with van der Waals surface area (Å²) in [6, 6.07) is 6.37. The molecule has 1 aromatic carbocycles. The van der Waals surface area contributed by atoms with E-state index < -0.39 is 0 Å². The number of fused-ring (bicyclic) bond motifs is 1. The van der Waals surface area contributed by atoms with E-state index in [0.717, 1.165) is 11.3 Å². The number of hydrogen-bond acceptors (Lipinski definition) is 2. The lowest BCUT2D eigenvalue weighted by atomic mass is 10.1. The minimum absolute atomic E-state index is 1.05. The van der Waals surface area contributed by atoms with E-state index in [9.17, 15) is 0 Å². The smallest absolute Gasteiger partial charge is 0.0349 e. The van der Waals surface area contributed by atoms with Crippen molar-refractivity contribution in [2.45, 2.75) is 25.2 Å². The van der Waals surface area contributed by atoms with Crippen LogP contribution in [0.4, 0.5) is 0 Å². The number of benzene rings is 1. The highest BCUT2D eigenvalue weighted by molar-refractivity contribution is 7.80. The zero-order chi connectivity index (χ0) is 9.42. The van der Waals surface area contributed by atoms with Crippen molar-refractivity contribution >= 4 is 34.1 Å². The van der Waals surface area contributed by atoms with Crippen LogP contribution in [0.2, 0.25) is 0 Å². The Kier molecular flexibility index (Phi) is 2.35. The zero-order valence-electron chi connectivity index (χ0n) is 7.79. The van der Waals surface area contributed by atoms with E-state index in [-0.39, 0.29) is 0 Å². The van der Waals surface area contributed by atoms with E-state index >= 15 is 0 Å². The van der Waals surface area contributed by atoms with Crippen LogP contribution in [-0.2, 0) is 6.42 Å². The van der Waals surface area contributed by atoms with Crippen molar-refractivity contribution < 1.29 is 0 Å². The summed E-state index contributed by atoms with van der Waals surface area (Å²) in [4.78, 5) is 2.55. The summed E-state index contributed by atoms with van der Waals surface area (Å²) in [6.07, 6.45) is 1.13. The lowest BCUT2D eigenvalue weighted by molar-refractivity contribution is 1.16. The van der Waals surface area contributed by atoms with Crippen molar-refractivity contribution in [3.8, 4) is 0 Å². The summed E-state index contributed by atoms with van der Waals surface area (Å²) in [5, 5.41) is 1.37. The van der Waals surface area contributed by atoms with Crippen LogP contribution in [-0.4, -0.2) is 0 Å². The molecular formula is C11H12S2. The molecule has 0 spiro atoms. The van der Waals surface area contributed by atoms with Gasteiger partial charge in [0, 0.05) is 14.5 Å². The van der Waals surface area contributed by atoms with Gasteiger partial charge in [0.15, 0.2) is 0 Å². The van der Waals surface area contributed by atoms with Crippen molar-refractivity contribution in [1.29, 1.82) is 0 Å². The molecule has 1 heterocycles. The molecule has 0 radical (unpaired) electrons. The van der Waals surface area contributed by atoms with E-state index in [2.05, 4.69) is 44.7 Å². The van der Waals surface area contributed by atoms with E-state index in [0.29, 0.717) is 0 Å². The van der Waals surface area contributed by atoms with Crippen molar-refractivity contribution in [3.63, 3.8) is 0 Å². The Morgan fingerprint density at radius 3 is 2.85 bits per heavy atom. The van der Waals surface area contributed by atoms with Gasteiger partial charge in [-0.3, -0.25) is 0 Å². The van der Waals surface area contributed by atoms with Gasteiger partial charge < -0.3 is 0 Å². The highest BCUT2D eigenvalue weighted by Gasteiger charge is 2.06. The maximum atomic E-state index is 4.35. The first-order valence-electron chi connectivity index (χ1n) is 4.43. The first-order valence-corrected chi connectivity index (χ1v) is 5.69. The second-order valence-corrected chi connectivity index (χ2v) is 4.84. The topological polar surface area (TPSA) is 0 Å². The molecule has 0 aliphatic rings. The van der Waals surface area contributed by atoms with E-state index in [1.54, 1.807) is 0 Å². The number of hydrogen-bond donors (Lipinski definition) is 1. The molecule has 2 heteroatoms. The Morgan fingerprint density at radius 2 is 2.15 bits per heavy atom. The molecule has 0 aliphatic carbocycles. The third-order valence-corrected chi connectivity index (χ3v) is 4.04. The molecule has 1 aromatic heterocycles. The monoisotopic (exact) mass is 208 g/mol. The summed E-state index contributed by atoms with van der Waals surface area (Å²) in [7, 11) is 0. The molecular weight excluding hydrogens is 196 g/mol. The van der Waals surface area contributed by atoms with Gasteiger partial charge in [0.2, 0.25) is 0 Å². The summed E-state index contributed by atoms with van der Waals surface area (Å²) in [5.41, 5.74) is 1.43. The van der Waals surface area contributed by atoms with Crippen LogP contribution in [0, 0.1) is 6.92 Å². The number of thiol groups is 1. The van der Waals surface area contributed by atoms with Crippen LogP contribution in [0.3, 0.4) is 0 Å². The summed E-state index contributed by atoms with van der Waals surface area (Å²) >= 11 is 6.25. The maximum absolute atomic E-state index is 4.35. The lowest BCUT2D eigenvalue weighted by Crippen LogP contribution is -1.76. The number of rotatable bonds is 1. The maximum Gasteiger partial charge on any atom is 0.0349 e. The van der Waals surface area contributed by atoms with Crippen LogP contribution < -0.4 is 0 Å². The minimum atomic E-state index is 1.05. The van der Waals surface area contributed by atoms with Crippen LogP contribution in [0.15, 0.2) is 23.1 Å². The first kappa shape index (κ1) is 9.10. The Balaban J connectivity index is 2.77. The van der Waals surface area contributed by atoms with Gasteiger partial charge in [0.1, 0.15) is 0 Å². The van der Waals surface area contributed by atoms with Gasteiger partial charge in [-0.15, -0.1) is 24.0 Å². The molecule has 13 heavy (non-hydrogen) atoms. The highest BCUT2D eigenvalue weighted by atomic mass is 32.1. The molecule has 0 saturated carbocycles. The van der Waals surface area contributed by atoms with Gasteiger partial charge in [0.25, 0.3) is 0 Å². The molecule has 2 aromatic rings. The van der Waals surface area contributed by atoms with Crippen LogP contribution in [0.25, 0.3) is 10.1 Å². The first-order chi connectivity index (χ1) is 6.22. The number of thiophene rings is 1. The molecule has 0 bridgehead atoms. The SMILES string of the molecule is CCc1sc2ccc(S)cc2c1C. The van der Waals surface area contributed by atoms with Crippen molar-refractivity contribution in [3.05, 3.63) is 28.6 Å². The van der Waals surface area contributed by atoms with Crippen molar-refractivity contribution in [2.75, 3.05) is 0 Å². The van der Waals surface area contributed by atoms with E-state index in [1.165, 1.54) is 20.5 Å². The Labute approximate surface area is 88.0 Å². The fourth-order valence-electron chi connectivity index (χ4n) is 1.60. The normalized spacial score (nSPS) is 11.0. The second-order valence-electron chi connectivity index (χ2n) is 3.18. The average Bonchev–Trinajstić information content (AvgIpc) is 2.44. The molecule has 0 fully saturated rings. The van der Waals surface area contributed by atoms with Gasteiger partial charge in [-0.1, -0.05) is 6.92 Å². The predicted molar refractivity (Wildman–Crippen MR) is 63.2 cm³/mol. The third-order valence-electron chi connectivity index (χ3n) is 2.34. The molecule has 0 amide bonds. The van der Waals surface area contributed by atoms with E-state index in [4.69, 9.17) is 0 Å². The average molecular weight is 208 g/mol. The largest absolute Gasteiger partial charge is 0.143 e. The predicted octanol–water partition coefficient (Wildman–Crippen LogP) is 4.06. The summed E-state index contributed by atoms with van der Waals surface area (Å²) < 4.78 is 1.38. The summed E-state index contributed by atoms with van der Waals surface area (Å²) in [6.45, 7) is 4.41. The highest BCUT2D eigenvalue weighted by Crippen LogP contribution is 2.32. The van der Waals surface area contributed by atoms with Gasteiger partial charge in [-0.2, -0.15) is 0 Å². The lowest BCUT2D eigenvalue weighted by Gasteiger charge is -1.94. The van der Waals surface area contributed by atoms with E-state index in [1.807, 2.05) is 11.3 Å². The minimum Gasteiger partial charge on any atom is -0.143 e. The Hall–Kier alpha value is -0.470. The molecule has 68 valence electrons. The Bertz CT molecular complexity index is 441. The quantitative estimate of drug-likeness (QED) is 0.671. The number of aryl methyl sites for hydroxylation is 2. The second kappa shape index (κ2) is 3.35. The van der Waals surface area contributed by atoms with Gasteiger partial charge in [-0.05, 0) is 42.5 Å². The van der Waals surface area contributed by atoms with Gasteiger partial charge >= 0.3 is 0 Å². The van der Waals surface area contributed by atoms with Crippen LogP contribution in [0.5, 0.6) is 0 Å². The van der Waals surface area contributed by atoms with Crippen molar-refractivity contribution in [1.82, 2.24) is 0 Å². The molecule has 0 unspecified atom stereocenters.